The first-order valence-corrected chi connectivity index (χ1v) is 8.42. The van der Waals surface area contributed by atoms with Gasteiger partial charge in [0.05, 0.1) is 17.2 Å². The van der Waals surface area contributed by atoms with Crippen molar-refractivity contribution < 1.29 is 27.8 Å². The Balaban J connectivity index is 2.26. The van der Waals surface area contributed by atoms with Crippen LogP contribution in [0.25, 0.3) is 22.3 Å². The van der Waals surface area contributed by atoms with Gasteiger partial charge in [-0.3, -0.25) is 14.5 Å². The molecule has 0 amide bonds. The second-order valence-corrected chi connectivity index (χ2v) is 6.90. The van der Waals surface area contributed by atoms with Crippen molar-refractivity contribution in [2.45, 2.75) is 39.0 Å². The molecule has 0 spiro atoms. The number of halogens is 3. The second kappa shape index (κ2) is 7.23. The maximum Gasteiger partial charge on any atom is 0.387 e. The van der Waals surface area contributed by atoms with Crippen LogP contribution in [0.3, 0.4) is 0 Å². The number of fused-ring (bicyclic) bond motifs is 1. The van der Waals surface area contributed by atoms with Crippen molar-refractivity contribution in [3.8, 4) is 17.0 Å². The molecule has 0 saturated carbocycles. The molecule has 28 heavy (non-hydrogen) atoms. The number of benzene rings is 1. The Bertz CT molecular complexity index is 1030. The fourth-order valence-electron chi connectivity index (χ4n) is 2.74. The first kappa shape index (κ1) is 19.8. The monoisotopic (exact) mass is 393 g/mol. The lowest BCUT2D eigenvalue weighted by Gasteiger charge is -2.26. The van der Waals surface area contributed by atoms with Crippen LogP contribution in [-0.2, 0) is 0 Å². The van der Waals surface area contributed by atoms with Gasteiger partial charge in [-0.15, -0.1) is 0 Å². The highest BCUT2D eigenvalue weighted by molar-refractivity contribution is 5.93. The fraction of sp³-hybridized carbons (Fsp3) is 0.316. The molecule has 1 N–H and O–H groups in total. The minimum Gasteiger partial charge on any atom is -0.435 e. The molecule has 148 valence electrons. The highest BCUT2D eigenvalue weighted by Gasteiger charge is 2.28. The van der Waals surface area contributed by atoms with E-state index in [4.69, 9.17) is 0 Å². The summed E-state index contributed by atoms with van der Waals surface area (Å²) in [4.78, 5) is 15.3. The van der Waals surface area contributed by atoms with Crippen molar-refractivity contribution in [3.05, 3.63) is 41.8 Å². The lowest BCUT2D eigenvalue weighted by atomic mass is 10.0. The number of aldehydes is 1. The zero-order valence-corrected chi connectivity index (χ0v) is 15.4. The molecule has 0 aliphatic heterocycles. The van der Waals surface area contributed by atoms with Crippen molar-refractivity contribution in [1.82, 2.24) is 14.8 Å². The molecule has 1 atom stereocenters. The van der Waals surface area contributed by atoms with E-state index in [1.165, 1.54) is 16.9 Å². The van der Waals surface area contributed by atoms with Crippen LogP contribution in [0, 0.1) is 5.82 Å². The van der Waals surface area contributed by atoms with E-state index in [2.05, 4.69) is 14.8 Å². The zero-order valence-electron chi connectivity index (χ0n) is 15.4. The Labute approximate surface area is 158 Å². The van der Waals surface area contributed by atoms with Crippen molar-refractivity contribution >= 4 is 17.3 Å². The third kappa shape index (κ3) is 3.70. The van der Waals surface area contributed by atoms with E-state index < -0.39 is 24.1 Å². The van der Waals surface area contributed by atoms with Gasteiger partial charge >= 0.3 is 6.61 Å². The van der Waals surface area contributed by atoms with Crippen molar-refractivity contribution in [1.29, 1.82) is 0 Å². The number of carbonyl (C=O) groups is 1. The van der Waals surface area contributed by atoms with Gasteiger partial charge < -0.3 is 9.84 Å². The third-order valence-corrected chi connectivity index (χ3v) is 4.51. The number of ether oxygens (including phenoxy) is 1. The molecule has 1 unspecified atom stereocenters. The smallest absolute Gasteiger partial charge is 0.387 e. The van der Waals surface area contributed by atoms with Crippen LogP contribution in [0.2, 0.25) is 0 Å². The van der Waals surface area contributed by atoms with Gasteiger partial charge in [0.1, 0.15) is 22.8 Å². The Kier molecular flexibility index (Phi) is 5.12. The Morgan fingerprint density at radius 3 is 2.61 bits per heavy atom. The summed E-state index contributed by atoms with van der Waals surface area (Å²) in [6.07, 6.45) is 1.91. The van der Waals surface area contributed by atoms with E-state index in [1.807, 2.05) is 0 Å². The predicted molar refractivity (Wildman–Crippen MR) is 96.0 cm³/mol. The van der Waals surface area contributed by atoms with Gasteiger partial charge in [0.15, 0.2) is 6.29 Å². The van der Waals surface area contributed by atoms with E-state index in [9.17, 15) is 23.1 Å². The zero-order chi connectivity index (χ0) is 20.6. The Hall–Kier alpha value is -2.94. The van der Waals surface area contributed by atoms with Crippen LogP contribution in [0.5, 0.6) is 5.75 Å². The van der Waals surface area contributed by atoms with Crippen LogP contribution >= 0.6 is 0 Å². The third-order valence-electron chi connectivity index (χ3n) is 4.51. The van der Waals surface area contributed by atoms with E-state index >= 15 is 0 Å². The van der Waals surface area contributed by atoms with E-state index in [1.54, 1.807) is 20.8 Å². The lowest BCUT2D eigenvalue weighted by Crippen LogP contribution is -2.31. The molecule has 2 heterocycles. The number of hydrogen-bond acceptors (Lipinski definition) is 5. The first-order chi connectivity index (χ1) is 13.1. The number of rotatable bonds is 6. The van der Waals surface area contributed by atoms with E-state index in [0.29, 0.717) is 11.8 Å². The summed E-state index contributed by atoms with van der Waals surface area (Å²) in [6.45, 7) is 1.81. The van der Waals surface area contributed by atoms with Crippen molar-refractivity contribution in [2.24, 2.45) is 0 Å². The molecule has 0 aliphatic carbocycles. The maximum absolute atomic E-state index is 14.5. The molecular weight excluding hydrogens is 375 g/mol. The van der Waals surface area contributed by atoms with Gasteiger partial charge in [-0.05, 0) is 45.0 Å². The predicted octanol–water partition coefficient (Wildman–Crippen LogP) is 3.98. The number of aromatic nitrogens is 3. The van der Waals surface area contributed by atoms with Crippen molar-refractivity contribution in [2.75, 3.05) is 0 Å². The Morgan fingerprint density at radius 1 is 1.29 bits per heavy atom. The normalized spacial score (nSPS) is 13.1. The summed E-state index contributed by atoms with van der Waals surface area (Å²) in [5.74, 6) is -0.931. The highest BCUT2D eigenvalue weighted by Crippen LogP contribution is 2.34. The van der Waals surface area contributed by atoms with Gasteiger partial charge in [0, 0.05) is 17.3 Å². The van der Waals surface area contributed by atoms with Gasteiger partial charge in [0.2, 0.25) is 0 Å². The first-order valence-electron chi connectivity index (χ1n) is 8.42. The maximum atomic E-state index is 14.5. The number of carbonyl (C=O) groups excluding carboxylic acids is 1. The molecular formula is C19H18F3N3O3. The van der Waals surface area contributed by atoms with E-state index in [0.717, 1.165) is 18.2 Å². The standard InChI is InChI=1S/C19H18F3N3O3/c1-10(19(2,3)27)25-15-6-11(9-26)8-23-17(15)16(24-25)13-7-12(28-18(21)22)4-5-14(13)20/h4-10,18,27H,1-3H3. The summed E-state index contributed by atoms with van der Waals surface area (Å²) >= 11 is 0. The second-order valence-electron chi connectivity index (χ2n) is 6.90. The van der Waals surface area contributed by atoms with Gasteiger partial charge in [-0.2, -0.15) is 13.9 Å². The molecule has 2 aromatic heterocycles. The lowest BCUT2D eigenvalue weighted by molar-refractivity contribution is -0.0498. The van der Waals surface area contributed by atoms with Gasteiger partial charge in [-0.1, -0.05) is 0 Å². The molecule has 0 fully saturated rings. The van der Waals surface area contributed by atoms with Crippen molar-refractivity contribution in [3.63, 3.8) is 0 Å². The molecule has 0 bridgehead atoms. The molecule has 0 radical (unpaired) electrons. The summed E-state index contributed by atoms with van der Waals surface area (Å²) in [5.41, 5.74) is -0.258. The van der Waals surface area contributed by atoms with Crippen LogP contribution in [-0.4, -0.2) is 38.4 Å². The summed E-state index contributed by atoms with van der Waals surface area (Å²) in [5, 5.41) is 14.8. The quantitative estimate of drug-likeness (QED) is 0.641. The number of alkyl halides is 2. The molecule has 6 nitrogen and oxygen atoms in total. The number of nitrogens with zero attached hydrogens (tertiary/aromatic N) is 3. The average Bonchev–Trinajstić information content (AvgIpc) is 2.99. The van der Waals surface area contributed by atoms with Crippen LogP contribution in [0.1, 0.15) is 37.2 Å². The minimum atomic E-state index is -3.06. The largest absolute Gasteiger partial charge is 0.435 e. The average molecular weight is 393 g/mol. The minimum absolute atomic E-state index is 0.0840. The number of hydrogen-bond donors (Lipinski definition) is 1. The molecule has 9 heteroatoms. The number of aliphatic hydroxyl groups is 1. The molecule has 1 aromatic carbocycles. The van der Waals surface area contributed by atoms with Crippen LogP contribution in [0.15, 0.2) is 30.5 Å². The fourth-order valence-corrected chi connectivity index (χ4v) is 2.74. The van der Waals surface area contributed by atoms with Gasteiger partial charge in [0.25, 0.3) is 0 Å². The molecule has 0 aliphatic rings. The van der Waals surface area contributed by atoms with Crippen LogP contribution < -0.4 is 4.74 Å². The molecule has 3 rings (SSSR count). The highest BCUT2D eigenvalue weighted by atomic mass is 19.3. The molecule has 0 saturated heterocycles. The summed E-state index contributed by atoms with van der Waals surface area (Å²) in [7, 11) is 0. The topological polar surface area (TPSA) is 77.2 Å². The van der Waals surface area contributed by atoms with E-state index in [-0.39, 0.29) is 28.1 Å². The summed E-state index contributed by atoms with van der Waals surface area (Å²) < 4.78 is 45.3. The SMILES string of the molecule is CC(n1nc(-c2cc(OC(F)F)ccc2F)c2ncc(C=O)cc21)C(C)(C)O. The molecule has 3 aromatic rings. The Morgan fingerprint density at radius 2 is 2.00 bits per heavy atom. The summed E-state index contributed by atoms with van der Waals surface area (Å²) in [6, 6.07) is 4.15. The van der Waals surface area contributed by atoms with Crippen LogP contribution in [0.4, 0.5) is 13.2 Å². The number of pyridine rings is 1. The van der Waals surface area contributed by atoms with Gasteiger partial charge in [-0.25, -0.2) is 4.39 Å².